The van der Waals surface area contributed by atoms with E-state index in [1.807, 2.05) is 42.5 Å². The van der Waals surface area contributed by atoms with Crippen molar-refractivity contribution < 1.29 is 19.2 Å². The summed E-state index contributed by atoms with van der Waals surface area (Å²) in [5.41, 5.74) is 3.85. The number of hydrogen-bond donors (Lipinski definition) is 0. The van der Waals surface area contributed by atoms with Crippen molar-refractivity contribution in [3.63, 3.8) is 0 Å². The minimum atomic E-state index is -0.347. The standard InChI is InChI=1S/C34H26N2O4/c1-5-22-29-26(34(40)36(33(22)39)16-15-21-9-7-6-8-10-21)14-13-25-28(29)18(2)23-11-12-24(19(3)37)30-27(20(4)38)17-35-32(25)31(23)30/h5-14,17H,2,15-16H2,1,3-4H3/b22-5+. The zero-order valence-electron chi connectivity index (χ0n) is 22.5. The van der Waals surface area contributed by atoms with Crippen LogP contribution in [0.25, 0.3) is 44.6 Å². The van der Waals surface area contributed by atoms with E-state index in [1.54, 1.807) is 25.1 Å². The van der Waals surface area contributed by atoms with Crippen molar-refractivity contribution in [3.05, 3.63) is 99.9 Å². The van der Waals surface area contributed by atoms with E-state index < -0.39 is 0 Å². The Labute approximate surface area is 230 Å². The van der Waals surface area contributed by atoms with Crippen LogP contribution in [0.4, 0.5) is 0 Å². The first-order valence-electron chi connectivity index (χ1n) is 13.2. The highest BCUT2D eigenvalue weighted by Gasteiger charge is 2.36. The maximum absolute atomic E-state index is 13.7. The number of amides is 2. The highest BCUT2D eigenvalue weighted by atomic mass is 16.2. The monoisotopic (exact) mass is 526 g/mol. The summed E-state index contributed by atoms with van der Waals surface area (Å²) >= 11 is 0. The lowest BCUT2D eigenvalue weighted by Crippen LogP contribution is -2.43. The van der Waals surface area contributed by atoms with Gasteiger partial charge in [0.15, 0.2) is 11.6 Å². The Morgan fingerprint density at radius 3 is 2.23 bits per heavy atom. The molecule has 2 heterocycles. The molecule has 1 aliphatic rings. The first-order chi connectivity index (χ1) is 19.2. The molecule has 0 bridgehead atoms. The predicted octanol–water partition coefficient (Wildman–Crippen LogP) is 5.70. The molecule has 6 heteroatoms. The Bertz CT molecular complexity index is 2000. The molecule has 0 saturated heterocycles. The summed E-state index contributed by atoms with van der Waals surface area (Å²) in [7, 11) is 0. The second kappa shape index (κ2) is 9.35. The number of imide groups is 1. The summed E-state index contributed by atoms with van der Waals surface area (Å²) in [6.07, 6.45) is 3.80. The number of aromatic nitrogens is 1. The smallest absolute Gasteiger partial charge is 0.261 e. The molecule has 0 unspecified atom stereocenters. The van der Waals surface area contributed by atoms with Crippen LogP contribution in [0.1, 0.15) is 63.0 Å². The molecule has 0 saturated carbocycles. The normalized spacial score (nSPS) is 14.5. The van der Waals surface area contributed by atoms with E-state index in [9.17, 15) is 19.2 Å². The third-order valence-corrected chi connectivity index (χ3v) is 7.86. The SMILES string of the molecule is C=c1c2ccc(C(C)=O)c3c(C(C)=O)cnc(c4ccc5c(c14)/C(=C\C)C(=O)N(CCc1ccccc1)C5=O)c32. The Morgan fingerprint density at radius 2 is 1.55 bits per heavy atom. The number of rotatable bonds is 5. The number of hydrogen-bond acceptors (Lipinski definition) is 5. The number of pyridine rings is 1. The van der Waals surface area contributed by atoms with Gasteiger partial charge in [0, 0.05) is 56.7 Å². The summed E-state index contributed by atoms with van der Waals surface area (Å²) in [5, 5.41) is 3.93. The predicted molar refractivity (Wildman–Crippen MR) is 157 cm³/mol. The molecule has 0 spiro atoms. The van der Waals surface area contributed by atoms with Crippen molar-refractivity contribution in [3.8, 4) is 0 Å². The van der Waals surface area contributed by atoms with E-state index in [0.29, 0.717) is 71.9 Å². The molecular formula is C34H26N2O4. The van der Waals surface area contributed by atoms with Gasteiger partial charge in [-0.1, -0.05) is 61.2 Å². The Kier molecular flexibility index (Phi) is 5.91. The van der Waals surface area contributed by atoms with E-state index in [0.717, 1.165) is 5.56 Å². The molecule has 1 aromatic heterocycles. The van der Waals surface area contributed by atoms with Crippen molar-refractivity contribution in [2.45, 2.75) is 27.2 Å². The van der Waals surface area contributed by atoms with Gasteiger partial charge in [0.25, 0.3) is 11.8 Å². The number of benzene rings is 4. The highest BCUT2D eigenvalue weighted by Crippen LogP contribution is 2.39. The van der Waals surface area contributed by atoms with E-state index in [1.165, 1.54) is 24.9 Å². The molecule has 0 atom stereocenters. The lowest BCUT2D eigenvalue weighted by Gasteiger charge is -2.30. The van der Waals surface area contributed by atoms with Gasteiger partial charge in [0.05, 0.1) is 5.52 Å². The largest absolute Gasteiger partial charge is 0.294 e. The summed E-state index contributed by atoms with van der Waals surface area (Å²) in [5.74, 6) is -1.04. The molecule has 40 heavy (non-hydrogen) atoms. The van der Waals surface area contributed by atoms with Crippen LogP contribution in [0.5, 0.6) is 0 Å². The zero-order chi connectivity index (χ0) is 28.3. The van der Waals surface area contributed by atoms with Gasteiger partial charge in [-0.25, -0.2) is 0 Å². The van der Waals surface area contributed by atoms with Crippen molar-refractivity contribution in [2.24, 2.45) is 0 Å². The molecular weight excluding hydrogens is 500 g/mol. The fourth-order valence-electron chi connectivity index (χ4n) is 5.96. The van der Waals surface area contributed by atoms with Crippen LogP contribution in [-0.4, -0.2) is 39.8 Å². The van der Waals surface area contributed by atoms with E-state index in [4.69, 9.17) is 0 Å². The van der Waals surface area contributed by atoms with Crippen LogP contribution < -0.4 is 5.22 Å². The Balaban J connectivity index is 1.64. The third-order valence-electron chi connectivity index (χ3n) is 7.86. The lowest BCUT2D eigenvalue weighted by molar-refractivity contribution is -0.122. The second-order valence-electron chi connectivity index (χ2n) is 10.1. The number of fused-ring (bicyclic) bond motifs is 4. The fraction of sp³-hybridized carbons (Fsp3) is 0.147. The Hall–Kier alpha value is -4.97. The second-order valence-corrected chi connectivity index (χ2v) is 10.1. The molecule has 0 aliphatic carbocycles. The minimum absolute atomic E-state index is 0.156. The first kappa shape index (κ1) is 25.3. The summed E-state index contributed by atoms with van der Waals surface area (Å²) < 4.78 is 0. The summed E-state index contributed by atoms with van der Waals surface area (Å²) in [6.45, 7) is 9.37. The lowest BCUT2D eigenvalue weighted by atomic mass is 9.84. The molecule has 5 aromatic rings. The van der Waals surface area contributed by atoms with Crippen LogP contribution in [0.3, 0.4) is 0 Å². The average molecular weight is 527 g/mol. The third kappa shape index (κ3) is 3.60. The number of allylic oxidation sites excluding steroid dienone is 1. The molecule has 6 rings (SSSR count). The van der Waals surface area contributed by atoms with Gasteiger partial charge in [-0.05, 0) is 54.8 Å². The van der Waals surface area contributed by atoms with E-state index in [2.05, 4.69) is 11.6 Å². The number of carbonyl (C=O) groups excluding carboxylic acids is 4. The van der Waals surface area contributed by atoms with Crippen LogP contribution in [-0.2, 0) is 11.2 Å². The molecule has 0 radical (unpaired) electrons. The summed E-state index contributed by atoms with van der Waals surface area (Å²) in [6, 6.07) is 16.8. The molecule has 0 fully saturated rings. The van der Waals surface area contributed by atoms with Gasteiger partial charge in [0.2, 0.25) is 0 Å². The molecule has 1 aliphatic heterocycles. The van der Waals surface area contributed by atoms with Gasteiger partial charge in [-0.2, -0.15) is 0 Å². The molecule has 6 nitrogen and oxygen atoms in total. The van der Waals surface area contributed by atoms with E-state index in [-0.39, 0.29) is 29.9 Å². The number of Topliss-reactive ketones (excluding diaryl/α,β-unsaturated/α-hetero) is 2. The zero-order valence-corrected chi connectivity index (χ0v) is 22.5. The summed E-state index contributed by atoms with van der Waals surface area (Å²) in [4.78, 5) is 58.6. The number of ketones is 2. The molecule has 0 N–H and O–H groups in total. The van der Waals surface area contributed by atoms with Crippen LogP contribution in [0.15, 0.2) is 66.9 Å². The first-order valence-corrected chi connectivity index (χ1v) is 13.2. The maximum Gasteiger partial charge on any atom is 0.261 e. The quantitative estimate of drug-likeness (QED) is 0.0964. The Morgan fingerprint density at radius 1 is 0.850 bits per heavy atom. The molecule has 2 amide bonds. The van der Waals surface area contributed by atoms with Crippen molar-refractivity contribution >= 4 is 68.0 Å². The number of nitrogens with zero attached hydrogens (tertiary/aromatic N) is 2. The average Bonchev–Trinajstić information content (AvgIpc) is 2.95. The van der Waals surface area contributed by atoms with Crippen molar-refractivity contribution in [2.75, 3.05) is 6.54 Å². The molecule has 4 aromatic carbocycles. The van der Waals surface area contributed by atoms with Crippen LogP contribution in [0.2, 0.25) is 0 Å². The van der Waals surface area contributed by atoms with Crippen molar-refractivity contribution in [1.29, 1.82) is 0 Å². The van der Waals surface area contributed by atoms with Gasteiger partial charge in [-0.3, -0.25) is 29.1 Å². The highest BCUT2D eigenvalue weighted by molar-refractivity contribution is 6.36. The molecule has 196 valence electrons. The van der Waals surface area contributed by atoms with Crippen LogP contribution in [0, 0.1) is 0 Å². The number of carbonyl (C=O) groups is 4. The topological polar surface area (TPSA) is 84.4 Å². The van der Waals surface area contributed by atoms with Gasteiger partial charge in [0.1, 0.15) is 0 Å². The fourth-order valence-corrected chi connectivity index (χ4v) is 5.96. The van der Waals surface area contributed by atoms with Gasteiger partial charge >= 0.3 is 0 Å². The minimum Gasteiger partial charge on any atom is -0.294 e. The maximum atomic E-state index is 13.7. The van der Waals surface area contributed by atoms with Crippen molar-refractivity contribution in [1.82, 2.24) is 9.88 Å². The van der Waals surface area contributed by atoms with E-state index >= 15 is 0 Å². The van der Waals surface area contributed by atoms with Gasteiger partial charge < -0.3 is 0 Å². The van der Waals surface area contributed by atoms with Crippen LogP contribution >= 0.6 is 0 Å². The van der Waals surface area contributed by atoms with Gasteiger partial charge in [-0.15, -0.1) is 0 Å².